The predicted octanol–water partition coefficient (Wildman–Crippen LogP) is 0.911. The largest absolute Gasteiger partial charge is 0.479 e. The third kappa shape index (κ3) is 1.60. The zero-order valence-corrected chi connectivity index (χ0v) is 9.66. The predicted molar refractivity (Wildman–Crippen MR) is 62.4 cm³/mol. The topological polar surface area (TPSA) is 74.7 Å². The van der Waals surface area contributed by atoms with Crippen molar-refractivity contribution in [2.75, 3.05) is 0 Å². The first kappa shape index (κ1) is 12.0. The van der Waals surface area contributed by atoms with Gasteiger partial charge in [0, 0.05) is 12.2 Å². The SMILES string of the molecule is CC(C(=O)O)(c1ccccc1)N1C(=O)C=CC1=O. The third-order valence-electron chi connectivity index (χ3n) is 3.01. The van der Waals surface area contributed by atoms with Gasteiger partial charge in [0.1, 0.15) is 0 Å². The molecule has 1 aromatic rings. The smallest absolute Gasteiger partial charge is 0.334 e. The molecule has 0 aliphatic carbocycles. The summed E-state index contributed by atoms with van der Waals surface area (Å²) >= 11 is 0. The van der Waals surface area contributed by atoms with Crippen molar-refractivity contribution in [1.29, 1.82) is 0 Å². The molecule has 18 heavy (non-hydrogen) atoms. The van der Waals surface area contributed by atoms with E-state index in [0.29, 0.717) is 5.56 Å². The maximum atomic E-state index is 11.7. The van der Waals surface area contributed by atoms with E-state index >= 15 is 0 Å². The summed E-state index contributed by atoms with van der Waals surface area (Å²) in [5, 5.41) is 9.41. The van der Waals surface area contributed by atoms with Crippen LogP contribution in [0.2, 0.25) is 0 Å². The fraction of sp³-hybridized carbons (Fsp3) is 0.154. The van der Waals surface area contributed by atoms with Crippen LogP contribution in [0.3, 0.4) is 0 Å². The van der Waals surface area contributed by atoms with E-state index in [1.54, 1.807) is 30.3 Å². The van der Waals surface area contributed by atoms with Crippen molar-refractivity contribution in [2.45, 2.75) is 12.5 Å². The summed E-state index contributed by atoms with van der Waals surface area (Å²) in [7, 11) is 0. The van der Waals surface area contributed by atoms with Gasteiger partial charge in [-0.25, -0.2) is 4.79 Å². The minimum atomic E-state index is -1.70. The number of nitrogens with zero attached hydrogens (tertiary/aromatic N) is 1. The van der Waals surface area contributed by atoms with E-state index in [1.165, 1.54) is 6.92 Å². The Labute approximate surface area is 103 Å². The number of imide groups is 1. The Morgan fingerprint density at radius 1 is 1.11 bits per heavy atom. The van der Waals surface area contributed by atoms with Crippen LogP contribution in [0, 0.1) is 0 Å². The van der Waals surface area contributed by atoms with Crippen molar-refractivity contribution in [3.05, 3.63) is 48.0 Å². The first-order chi connectivity index (χ1) is 8.48. The molecule has 0 spiro atoms. The Bertz CT molecular complexity index is 531. The first-order valence-electron chi connectivity index (χ1n) is 5.33. The minimum absolute atomic E-state index is 0.378. The average Bonchev–Trinajstić information content (AvgIpc) is 2.69. The second-order valence-electron chi connectivity index (χ2n) is 4.09. The number of carboxylic acids is 1. The molecule has 0 radical (unpaired) electrons. The van der Waals surface area contributed by atoms with Crippen molar-refractivity contribution < 1.29 is 19.5 Å². The van der Waals surface area contributed by atoms with E-state index < -0.39 is 23.3 Å². The fourth-order valence-electron chi connectivity index (χ4n) is 1.95. The molecule has 5 heteroatoms. The van der Waals surface area contributed by atoms with E-state index in [1.807, 2.05) is 0 Å². The van der Waals surface area contributed by atoms with E-state index in [0.717, 1.165) is 17.1 Å². The minimum Gasteiger partial charge on any atom is -0.479 e. The lowest BCUT2D eigenvalue weighted by Crippen LogP contribution is -2.52. The number of hydrogen-bond donors (Lipinski definition) is 1. The van der Waals surface area contributed by atoms with Crippen LogP contribution in [-0.4, -0.2) is 27.8 Å². The lowest BCUT2D eigenvalue weighted by Gasteiger charge is -2.33. The highest BCUT2D eigenvalue weighted by atomic mass is 16.4. The molecule has 0 fully saturated rings. The van der Waals surface area contributed by atoms with Crippen LogP contribution in [0.25, 0.3) is 0 Å². The Balaban J connectivity index is 2.56. The zero-order chi connectivity index (χ0) is 13.3. The van der Waals surface area contributed by atoms with E-state index in [2.05, 4.69) is 0 Å². The summed E-state index contributed by atoms with van der Waals surface area (Å²) < 4.78 is 0. The van der Waals surface area contributed by atoms with Gasteiger partial charge in [-0.3, -0.25) is 14.5 Å². The molecule has 5 nitrogen and oxygen atoms in total. The van der Waals surface area contributed by atoms with Gasteiger partial charge in [-0.2, -0.15) is 0 Å². The van der Waals surface area contributed by atoms with Gasteiger partial charge in [-0.05, 0) is 12.5 Å². The van der Waals surface area contributed by atoms with Crippen molar-refractivity contribution in [3.63, 3.8) is 0 Å². The molecule has 1 heterocycles. The summed E-state index contributed by atoms with van der Waals surface area (Å²) in [6.45, 7) is 1.34. The average molecular weight is 245 g/mol. The summed E-state index contributed by atoms with van der Waals surface area (Å²) in [5.74, 6) is -2.48. The number of aliphatic carboxylic acids is 1. The van der Waals surface area contributed by atoms with Gasteiger partial charge in [0.2, 0.25) is 0 Å². The molecule has 1 unspecified atom stereocenters. The Kier molecular flexibility index (Phi) is 2.74. The maximum Gasteiger partial charge on any atom is 0.334 e. The number of amides is 2. The monoisotopic (exact) mass is 245 g/mol. The Morgan fingerprint density at radius 3 is 2.06 bits per heavy atom. The number of carboxylic acid groups (broad SMARTS) is 1. The number of carbonyl (C=O) groups is 3. The van der Waals surface area contributed by atoms with Crippen LogP contribution >= 0.6 is 0 Å². The molecular formula is C13H11NO4. The lowest BCUT2D eigenvalue weighted by atomic mass is 9.90. The van der Waals surface area contributed by atoms with Gasteiger partial charge in [0.15, 0.2) is 5.54 Å². The third-order valence-corrected chi connectivity index (χ3v) is 3.01. The molecule has 0 saturated carbocycles. The van der Waals surface area contributed by atoms with Crippen molar-refractivity contribution in [2.24, 2.45) is 0 Å². The molecule has 0 aromatic heterocycles. The molecule has 1 aromatic carbocycles. The number of carbonyl (C=O) groups excluding carboxylic acids is 2. The molecule has 0 bridgehead atoms. The van der Waals surface area contributed by atoms with Crippen molar-refractivity contribution in [3.8, 4) is 0 Å². The lowest BCUT2D eigenvalue weighted by molar-refractivity contribution is -0.161. The number of benzene rings is 1. The highest BCUT2D eigenvalue weighted by molar-refractivity contribution is 6.15. The zero-order valence-electron chi connectivity index (χ0n) is 9.66. The highest BCUT2D eigenvalue weighted by Gasteiger charge is 2.48. The van der Waals surface area contributed by atoms with Crippen LogP contribution in [0.4, 0.5) is 0 Å². The number of hydrogen-bond acceptors (Lipinski definition) is 3. The van der Waals surface area contributed by atoms with Gasteiger partial charge in [-0.15, -0.1) is 0 Å². The molecule has 0 saturated heterocycles. The quantitative estimate of drug-likeness (QED) is 0.803. The molecule has 1 N–H and O–H groups in total. The second kappa shape index (κ2) is 4.10. The van der Waals surface area contributed by atoms with Gasteiger partial charge < -0.3 is 5.11 Å². The molecule has 2 amide bonds. The first-order valence-corrected chi connectivity index (χ1v) is 5.33. The van der Waals surface area contributed by atoms with Crippen LogP contribution in [0.5, 0.6) is 0 Å². The Morgan fingerprint density at radius 2 is 1.61 bits per heavy atom. The molecule has 1 atom stereocenters. The van der Waals surface area contributed by atoms with Crippen molar-refractivity contribution in [1.82, 2.24) is 4.90 Å². The molecular weight excluding hydrogens is 234 g/mol. The number of rotatable bonds is 3. The molecule has 1 aliphatic rings. The Hall–Kier alpha value is -2.43. The van der Waals surface area contributed by atoms with E-state index in [4.69, 9.17) is 0 Å². The van der Waals surface area contributed by atoms with Gasteiger partial charge >= 0.3 is 5.97 Å². The van der Waals surface area contributed by atoms with Crippen LogP contribution in [0.1, 0.15) is 12.5 Å². The van der Waals surface area contributed by atoms with Gasteiger partial charge in [0.05, 0.1) is 0 Å². The summed E-state index contributed by atoms with van der Waals surface area (Å²) in [5.41, 5.74) is -1.32. The standard InChI is InChI=1S/C13H11NO4/c1-13(12(17)18,9-5-3-2-4-6-9)14-10(15)7-8-11(14)16/h2-8H,1H3,(H,17,18). The molecule has 1 aliphatic heterocycles. The highest BCUT2D eigenvalue weighted by Crippen LogP contribution is 2.31. The summed E-state index contributed by atoms with van der Waals surface area (Å²) in [6, 6.07) is 8.21. The molecule has 92 valence electrons. The van der Waals surface area contributed by atoms with Crippen LogP contribution < -0.4 is 0 Å². The summed E-state index contributed by atoms with van der Waals surface area (Å²) in [4.78, 5) is 35.6. The molecule has 2 rings (SSSR count). The van der Waals surface area contributed by atoms with E-state index in [-0.39, 0.29) is 0 Å². The summed E-state index contributed by atoms with van der Waals surface area (Å²) in [6.07, 6.45) is 2.15. The normalized spacial score (nSPS) is 17.9. The fourth-order valence-corrected chi connectivity index (χ4v) is 1.95. The second-order valence-corrected chi connectivity index (χ2v) is 4.09. The van der Waals surface area contributed by atoms with Gasteiger partial charge in [0.25, 0.3) is 11.8 Å². The van der Waals surface area contributed by atoms with Crippen LogP contribution in [-0.2, 0) is 19.9 Å². The van der Waals surface area contributed by atoms with Crippen LogP contribution in [0.15, 0.2) is 42.5 Å². The van der Waals surface area contributed by atoms with Crippen molar-refractivity contribution >= 4 is 17.8 Å². The van der Waals surface area contributed by atoms with Gasteiger partial charge in [-0.1, -0.05) is 30.3 Å². The maximum absolute atomic E-state index is 11.7. The van der Waals surface area contributed by atoms with E-state index in [9.17, 15) is 19.5 Å².